The predicted octanol–water partition coefficient (Wildman–Crippen LogP) is 1.49. The van der Waals surface area contributed by atoms with Crippen molar-refractivity contribution in [2.24, 2.45) is 0 Å². The van der Waals surface area contributed by atoms with E-state index in [-0.39, 0.29) is 0 Å². The molecule has 90 valence electrons. The summed E-state index contributed by atoms with van der Waals surface area (Å²) < 4.78 is 5.14. The molecule has 0 spiro atoms. The van der Waals surface area contributed by atoms with E-state index in [1.165, 1.54) is 13.0 Å². The van der Waals surface area contributed by atoms with E-state index in [1.807, 2.05) is 0 Å². The lowest BCUT2D eigenvalue weighted by atomic mass is 9.94. The van der Waals surface area contributed by atoms with Gasteiger partial charge in [-0.05, 0) is 26.7 Å². The lowest BCUT2D eigenvalue weighted by Gasteiger charge is -2.43. The van der Waals surface area contributed by atoms with Gasteiger partial charge >= 0.3 is 0 Å². The first kappa shape index (κ1) is 12.9. The van der Waals surface area contributed by atoms with Crippen LogP contribution in [0.25, 0.3) is 0 Å². The van der Waals surface area contributed by atoms with E-state index in [2.05, 4.69) is 31.0 Å². The molecule has 2 unspecified atom stereocenters. The van der Waals surface area contributed by atoms with Crippen LogP contribution < -0.4 is 5.32 Å². The van der Waals surface area contributed by atoms with Crippen LogP contribution in [0.3, 0.4) is 0 Å². The average Bonchev–Trinajstić information content (AvgIpc) is 2.26. The van der Waals surface area contributed by atoms with Crippen molar-refractivity contribution in [3.63, 3.8) is 0 Å². The summed E-state index contributed by atoms with van der Waals surface area (Å²) in [6.45, 7) is 11.2. The van der Waals surface area contributed by atoms with Crippen molar-refractivity contribution in [3.8, 4) is 0 Å². The molecule has 0 aliphatic carbocycles. The minimum absolute atomic E-state index is 0.305. The molecule has 0 aromatic rings. The van der Waals surface area contributed by atoms with Crippen molar-refractivity contribution >= 4 is 0 Å². The molecule has 0 amide bonds. The number of nitrogens with one attached hydrogen (secondary N) is 1. The molecule has 1 aliphatic heterocycles. The SMILES string of the molecule is CCC1(C)CN(C(C)CCOC)CCN1. The van der Waals surface area contributed by atoms with E-state index in [9.17, 15) is 0 Å². The van der Waals surface area contributed by atoms with Gasteiger partial charge in [0.15, 0.2) is 0 Å². The van der Waals surface area contributed by atoms with Crippen LogP contribution in [0.2, 0.25) is 0 Å². The van der Waals surface area contributed by atoms with E-state index < -0.39 is 0 Å². The van der Waals surface area contributed by atoms with Gasteiger partial charge in [0.2, 0.25) is 0 Å². The Morgan fingerprint density at radius 3 is 2.87 bits per heavy atom. The second-order valence-electron chi connectivity index (χ2n) is 4.94. The van der Waals surface area contributed by atoms with Gasteiger partial charge in [0.05, 0.1) is 0 Å². The second kappa shape index (κ2) is 5.83. The highest BCUT2D eigenvalue weighted by Crippen LogP contribution is 2.18. The Kier molecular flexibility index (Phi) is 5.03. The maximum atomic E-state index is 5.14. The van der Waals surface area contributed by atoms with Crippen molar-refractivity contribution in [2.45, 2.75) is 45.2 Å². The number of ether oxygens (including phenoxy) is 1. The van der Waals surface area contributed by atoms with Crippen LogP contribution in [-0.4, -0.2) is 49.8 Å². The molecule has 15 heavy (non-hydrogen) atoms. The summed E-state index contributed by atoms with van der Waals surface area (Å²) in [5.41, 5.74) is 0.305. The van der Waals surface area contributed by atoms with Crippen LogP contribution in [-0.2, 0) is 4.74 Å². The molecule has 0 radical (unpaired) electrons. The Morgan fingerprint density at radius 1 is 1.53 bits per heavy atom. The van der Waals surface area contributed by atoms with Gasteiger partial charge in [0.25, 0.3) is 0 Å². The fourth-order valence-corrected chi connectivity index (χ4v) is 2.17. The molecule has 1 heterocycles. The molecule has 0 aromatic heterocycles. The lowest BCUT2D eigenvalue weighted by molar-refractivity contribution is 0.0828. The molecule has 2 atom stereocenters. The van der Waals surface area contributed by atoms with Crippen molar-refractivity contribution in [1.29, 1.82) is 0 Å². The molecule has 0 saturated carbocycles. The smallest absolute Gasteiger partial charge is 0.0477 e. The summed E-state index contributed by atoms with van der Waals surface area (Å²) >= 11 is 0. The Hall–Kier alpha value is -0.120. The normalized spacial score (nSPS) is 30.4. The third kappa shape index (κ3) is 3.74. The highest BCUT2D eigenvalue weighted by molar-refractivity contribution is 4.91. The van der Waals surface area contributed by atoms with Crippen LogP contribution in [0.1, 0.15) is 33.6 Å². The number of hydrogen-bond acceptors (Lipinski definition) is 3. The average molecular weight is 214 g/mol. The van der Waals surface area contributed by atoms with Gasteiger partial charge in [-0.1, -0.05) is 6.92 Å². The summed E-state index contributed by atoms with van der Waals surface area (Å²) in [5, 5.41) is 3.61. The number of nitrogens with zero attached hydrogens (tertiary/aromatic N) is 1. The van der Waals surface area contributed by atoms with E-state index in [0.29, 0.717) is 11.6 Å². The van der Waals surface area contributed by atoms with Crippen LogP contribution >= 0.6 is 0 Å². The van der Waals surface area contributed by atoms with E-state index >= 15 is 0 Å². The van der Waals surface area contributed by atoms with Crippen molar-refractivity contribution in [1.82, 2.24) is 10.2 Å². The zero-order valence-corrected chi connectivity index (χ0v) is 10.7. The van der Waals surface area contributed by atoms with Gasteiger partial charge < -0.3 is 10.1 Å². The Labute approximate surface area is 94.2 Å². The van der Waals surface area contributed by atoms with E-state index in [0.717, 1.165) is 26.1 Å². The molecule has 3 heteroatoms. The van der Waals surface area contributed by atoms with Gasteiger partial charge in [-0.2, -0.15) is 0 Å². The molecule has 3 nitrogen and oxygen atoms in total. The second-order valence-corrected chi connectivity index (χ2v) is 4.94. The van der Waals surface area contributed by atoms with Gasteiger partial charge in [-0.25, -0.2) is 0 Å². The van der Waals surface area contributed by atoms with Crippen molar-refractivity contribution < 1.29 is 4.74 Å². The van der Waals surface area contributed by atoms with Gasteiger partial charge in [-0.15, -0.1) is 0 Å². The molecule has 0 bridgehead atoms. The van der Waals surface area contributed by atoms with Crippen LogP contribution in [0, 0.1) is 0 Å². The first-order chi connectivity index (χ1) is 7.11. The number of hydrogen-bond donors (Lipinski definition) is 1. The highest BCUT2D eigenvalue weighted by Gasteiger charge is 2.30. The van der Waals surface area contributed by atoms with E-state index in [1.54, 1.807) is 7.11 Å². The van der Waals surface area contributed by atoms with Crippen molar-refractivity contribution in [3.05, 3.63) is 0 Å². The van der Waals surface area contributed by atoms with Gasteiger partial charge in [0, 0.05) is 44.9 Å². The van der Waals surface area contributed by atoms with Gasteiger partial charge in [0.1, 0.15) is 0 Å². The zero-order chi connectivity index (χ0) is 11.3. The third-order valence-corrected chi connectivity index (χ3v) is 3.65. The van der Waals surface area contributed by atoms with E-state index in [4.69, 9.17) is 4.74 Å². The summed E-state index contributed by atoms with van der Waals surface area (Å²) in [4.78, 5) is 2.58. The molecule has 1 aliphatic rings. The minimum atomic E-state index is 0.305. The van der Waals surface area contributed by atoms with Crippen molar-refractivity contribution in [2.75, 3.05) is 33.4 Å². The molecule has 1 fully saturated rings. The molecule has 1 saturated heterocycles. The first-order valence-electron chi connectivity index (χ1n) is 6.09. The van der Waals surface area contributed by atoms with Crippen LogP contribution in [0.4, 0.5) is 0 Å². The largest absolute Gasteiger partial charge is 0.385 e. The molecule has 1 N–H and O–H groups in total. The summed E-state index contributed by atoms with van der Waals surface area (Å²) in [5.74, 6) is 0. The fraction of sp³-hybridized carbons (Fsp3) is 1.00. The summed E-state index contributed by atoms with van der Waals surface area (Å²) in [6.07, 6.45) is 2.33. The standard InChI is InChI=1S/C12H26N2O/c1-5-12(3)10-14(8-7-13-12)11(2)6-9-15-4/h11,13H,5-10H2,1-4H3. The Morgan fingerprint density at radius 2 is 2.27 bits per heavy atom. The molecule has 0 aromatic carbocycles. The first-order valence-corrected chi connectivity index (χ1v) is 6.09. The predicted molar refractivity (Wildman–Crippen MR) is 64.2 cm³/mol. The maximum absolute atomic E-state index is 5.14. The highest BCUT2D eigenvalue weighted by atomic mass is 16.5. The summed E-state index contributed by atoms with van der Waals surface area (Å²) in [6, 6.07) is 0.637. The summed E-state index contributed by atoms with van der Waals surface area (Å²) in [7, 11) is 1.78. The lowest BCUT2D eigenvalue weighted by Crippen LogP contribution is -2.60. The molecular formula is C12H26N2O. The number of piperazine rings is 1. The monoisotopic (exact) mass is 214 g/mol. The Balaban J connectivity index is 2.41. The Bertz CT molecular complexity index is 186. The molecular weight excluding hydrogens is 188 g/mol. The third-order valence-electron chi connectivity index (χ3n) is 3.65. The number of rotatable bonds is 5. The van der Waals surface area contributed by atoms with Crippen LogP contribution in [0.5, 0.6) is 0 Å². The molecule has 1 rings (SSSR count). The van der Waals surface area contributed by atoms with Gasteiger partial charge in [-0.3, -0.25) is 4.90 Å². The fourth-order valence-electron chi connectivity index (χ4n) is 2.17. The quantitative estimate of drug-likeness (QED) is 0.750. The topological polar surface area (TPSA) is 24.5 Å². The zero-order valence-electron chi connectivity index (χ0n) is 10.7. The maximum Gasteiger partial charge on any atom is 0.0477 e. The minimum Gasteiger partial charge on any atom is -0.385 e. The van der Waals surface area contributed by atoms with Crippen LogP contribution in [0.15, 0.2) is 0 Å². The number of methoxy groups -OCH3 is 1.